The summed E-state index contributed by atoms with van der Waals surface area (Å²) in [6, 6.07) is 0. The highest BCUT2D eigenvalue weighted by atomic mass is 35.5. The van der Waals surface area contributed by atoms with Crippen LogP contribution in [-0.2, 0) is 0 Å². The smallest absolute Gasteiger partial charge is 0.224 e. The lowest BCUT2D eigenvalue weighted by atomic mass is 10.6. The maximum absolute atomic E-state index is 5.90. The topological polar surface area (TPSA) is 68.5 Å². The SMILES string of the molecule is CNc1ncc(Cl)c(-n2cncn2)n1. The number of aromatic nitrogens is 5. The molecule has 0 fully saturated rings. The van der Waals surface area contributed by atoms with Crippen molar-refractivity contribution in [3.05, 3.63) is 23.9 Å². The van der Waals surface area contributed by atoms with Crippen LogP contribution >= 0.6 is 11.6 Å². The molecule has 0 aliphatic carbocycles. The molecule has 0 amide bonds. The fraction of sp³-hybridized carbons (Fsp3) is 0.143. The summed E-state index contributed by atoms with van der Waals surface area (Å²) in [5.74, 6) is 0.989. The Hall–Kier alpha value is -1.69. The van der Waals surface area contributed by atoms with Gasteiger partial charge in [-0.3, -0.25) is 0 Å². The number of halogens is 1. The van der Waals surface area contributed by atoms with Crippen molar-refractivity contribution in [2.45, 2.75) is 0 Å². The van der Waals surface area contributed by atoms with Gasteiger partial charge in [0, 0.05) is 7.05 Å². The molecule has 7 heteroatoms. The lowest BCUT2D eigenvalue weighted by Crippen LogP contribution is -2.03. The summed E-state index contributed by atoms with van der Waals surface area (Å²) in [5, 5.41) is 7.17. The fourth-order valence-electron chi connectivity index (χ4n) is 0.957. The van der Waals surface area contributed by atoms with Gasteiger partial charge in [0.05, 0.1) is 6.20 Å². The van der Waals surface area contributed by atoms with Crippen molar-refractivity contribution in [2.24, 2.45) is 0 Å². The van der Waals surface area contributed by atoms with E-state index in [0.29, 0.717) is 16.8 Å². The van der Waals surface area contributed by atoms with Crippen molar-refractivity contribution in [3.63, 3.8) is 0 Å². The first-order valence-electron chi connectivity index (χ1n) is 3.86. The molecule has 0 radical (unpaired) electrons. The predicted octanol–water partition coefficient (Wildman–Crippen LogP) is 0.752. The summed E-state index contributed by atoms with van der Waals surface area (Å²) in [7, 11) is 1.73. The monoisotopic (exact) mass is 210 g/mol. The minimum absolute atomic E-state index is 0.425. The second-order valence-corrected chi connectivity index (χ2v) is 2.86. The normalized spacial score (nSPS) is 10.1. The summed E-state index contributed by atoms with van der Waals surface area (Å²) < 4.78 is 1.48. The lowest BCUT2D eigenvalue weighted by Gasteiger charge is -2.03. The summed E-state index contributed by atoms with van der Waals surface area (Å²) in [4.78, 5) is 11.9. The van der Waals surface area contributed by atoms with Crippen LogP contribution < -0.4 is 5.32 Å². The van der Waals surface area contributed by atoms with Crippen LogP contribution in [0.2, 0.25) is 5.02 Å². The van der Waals surface area contributed by atoms with Crippen molar-refractivity contribution in [1.82, 2.24) is 24.7 Å². The van der Waals surface area contributed by atoms with Crippen LogP contribution in [0.25, 0.3) is 5.82 Å². The van der Waals surface area contributed by atoms with Gasteiger partial charge in [-0.1, -0.05) is 11.6 Å². The molecule has 0 aliphatic rings. The van der Waals surface area contributed by atoms with Gasteiger partial charge in [0.25, 0.3) is 0 Å². The molecule has 72 valence electrons. The minimum atomic E-state index is 0.425. The number of nitrogens with one attached hydrogen (secondary N) is 1. The third-order valence-electron chi connectivity index (χ3n) is 1.58. The van der Waals surface area contributed by atoms with Crippen LogP contribution in [0.15, 0.2) is 18.9 Å². The van der Waals surface area contributed by atoms with Gasteiger partial charge in [-0.25, -0.2) is 14.6 Å². The first-order valence-corrected chi connectivity index (χ1v) is 4.24. The molecule has 0 aliphatic heterocycles. The number of nitrogens with zero attached hydrogens (tertiary/aromatic N) is 5. The zero-order chi connectivity index (χ0) is 9.97. The highest BCUT2D eigenvalue weighted by molar-refractivity contribution is 6.32. The summed E-state index contributed by atoms with van der Waals surface area (Å²) in [6.45, 7) is 0. The number of hydrogen-bond donors (Lipinski definition) is 1. The van der Waals surface area contributed by atoms with Crippen molar-refractivity contribution in [2.75, 3.05) is 12.4 Å². The van der Waals surface area contributed by atoms with E-state index in [2.05, 4.69) is 25.4 Å². The van der Waals surface area contributed by atoms with Crippen molar-refractivity contribution >= 4 is 17.5 Å². The predicted molar refractivity (Wildman–Crippen MR) is 51.5 cm³/mol. The number of anilines is 1. The Morgan fingerprint density at radius 1 is 1.50 bits per heavy atom. The molecule has 0 spiro atoms. The third-order valence-corrected chi connectivity index (χ3v) is 1.85. The molecular weight excluding hydrogens is 204 g/mol. The Morgan fingerprint density at radius 2 is 2.36 bits per heavy atom. The van der Waals surface area contributed by atoms with Crippen molar-refractivity contribution in [1.29, 1.82) is 0 Å². The average Bonchev–Trinajstić information content (AvgIpc) is 2.71. The zero-order valence-corrected chi connectivity index (χ0v) is 8.10. The molecular formula is C7H7ClN6. The van der Waals surface area contributed by atoms with Crippen LogP contribution in [-0.4, -0.2) is 31.8 Å². The van der Waals surface area contributed by atoms with Crippen molar-refractivity contribution in [3.8, 4) is 5.82 Å². The molecule has 0 saturated heterocycles. The molecule has 0 bridgehead atoms. The van der Waals surface area contributed by atoms with E-state index in [4.69, 9.17) is 11.6 Å². The number of hydrogen-bond acceptors (Lipinski definition) is 5. The van der Waals surface area contributed by atoms with Crippen molar-refractivity contribution < 1.29 is 0 Å². The molecule has 0 unspecified atom stereocenters. The van der Waals surface area contributed by atoms with Gasteiger partial charge in [-0.05, 0) is 0 Å². The summed E-state index contributed by atoms with van der Waals surface area (Å²) in [5.41, 5.74) is 0. The van der Waals surface area contributed by atoms with E-state index in [-0.39, 0.29) is 0 Å². The molecule has 0 aromatic carbocycles. The number of rotatable bonds is 2. The minimum Gasteiger partial charge on any atom is -0.357 e. The van der Waals surface area contributed by atoms with Gasteiger partial charge in [0.1, 0.15) is 17.7 Å². The lowest BCUT2D eigenvalue weighted by molar-refractivity contribution is 0.840. The first kappa shape index (κ1) is 8.89. The average molecular weight is 211 g/mol. The molecule has 2 rings (SSSR count). The van der Waals surface area contributed by atoms with Gasteiger partial charge >= 0.3 is 0 Å². The quantitative estimate of drug-likeness (QED) is 0.792. The molecule has 14 heavy (non-hydrogen) atoms. The molecule has 2 heterocycles. The maximum Gasteiger partial charge on any atom is 0.224 e. The van der Waals surface area contributed by atoms with Gasteiger partial charge in [-0.2, -0.15) is 10.1 Å². The van der Waals surface area contributed by atoms with E-state index >= 15 is 0 Å². The Labute approximate surface area is 85.0 Å². The second-order valence-electron chi connectivity index (χ2n) is 2.46. The van der Waals surface area contributed by atoms with Crippen LogP contribution in [0.1, 0.15) is 0 Å². The van der Waals surface area contributed by atoms with Crippen LogP contribution in [0.4, 0.5) is 5.95 Å². The van der Waals surface area contributed by atoms with Gasteiger partial charge in [0.15, 0.2) is 5.82 Å². The first-order chi connectivity index (χ1) is 6.81. The molecule has 6 nitrogen and oxygen atoms in total. The molecule has 2 aromatic rings. The Bertz CT molecular complexity index is 426. The maximum atomic E-state index is 5.90. The summed E-state index contributed by atoms with van der Waals surface area (Å²) >= 11 is 5.90. The van der Waals surface area contributed by atoms with E-state index < -0.39 is 0 Å². The Balaban J connectivity index is 2.51. The van der Waals surface area contributed by atoms with E-state index in [1.807, 2.05) is 0 Å². The van der Waals surface area contributed by atoms with Crippen LogP contribution in [0, 0.1) is 0 Å². The molecule has 2 aromatic heterocycles. The standard InChI is InChI=1S/C7H7ClN6/c1-9-7-11-2-5(8)6(13-7)14-4-10-3-12-14/h2-4H,1H3,(H,9,11,13). The van der Waals surface area contributed by atoms with Crippen LogP contribution in [0.5, 0.6) is 0 Å². The fourth-order valence-corrected chi connectivity index (χ4v) is 1.13. The largest absolute Gasteiger partial charge is 0.357 e. The van der Waals surface area contributed by atoms with Gasteiger partial charge in [0.2, 0.25) is 5.95 Å². The Morgan fingerprint density at radius 3 is 3.00 bits per heavy atom. The third kappa shape index (κ3) is 1.51. The zero-order valence-electron chi connectivity index (χ0n) is 7.35. The van der Waals surface area contributed by atoms with E-state index in [9.17, 15) is 0 Å². The van der Waals surface area contributed by atoms with E-state index in [0.717, 1.165) is 0 Å². The molecule has 1 N–H and O–H groups in total. The van der Waals surface area contributed by atoms with Gasteiger partial charge in [-0.15, -0.1) is 0 Å². The summed E-state index contributed by atoms with van der Waals surface area (Å²) in [6.07, 6.45) is 4.45. The highest BCUT2D eigenvalue weighted by Crippen LogP contribution is 2.16. The Kier molecular flexibility index (Phi) is 2.28. The highest BCUT2D eigenvalue weighted by Gasteiger charge is 2.06. The van der Waals surface area contributed by atoms with E-state index in [1.54, 1.807) is 7.05 Å². The second kappa shape index (κ2) is 3.59. The van der Waals surface area contributed by atoms with Crippen LogP contribution in [0.3, 0.4) is 0 Å². The molecule has 0 saturated carbocycles. The molecule has 0 atom stereocenters. The van der Waals surface area contributed by atoms with Gasteiger partial charge < -0.3 is 5.32 Å². The van der Waals surface area contributed by atoms with E-state index in [1.165, 1.54) is 23.5 Å².